The lowest BCUT2D eigenvalue weighted by Crippen LogP contribution is -2.29. The van der Waals surface area contributed by atoms with E-state index in [0.29, 0.717) is 53.5 Å². The summed E-state index contributed by atoms with van der Waals surface area (Å²) in [5.41, 5.74) is 3.28. The molecule has 6 nitrogen and oxygen atoms in total. The van der Waals surface area contributed by atoms with E-state index in [2.05, 4.69) is 45.0 Å². The van der Waals surface area contributed by atoms with Gasteiger partial charge in [0, 0.05) is 13.0 Å². The Bertz CT molecular complexity index is 1150. The predicted octanol–water partition coefficient (Wildman–Crippen LogP) is 6.51. The Labute approximate surface area is 229 Å². The highest BCUT2D eigenvalue weighted by Crippen LogP contribution is 2.35. The number of thiocarbonyl (C=S) groups is 1. The van der Waals surface area contributed by atoms with E-state index in [1.54, 1.807) is 6.92 Å². The average Bonchev–Trinajstić information content (AvgIpc) is 3.11. The van der Waals surface area contributed by atoms with Crippen LogP contribution in [0.5, 0.6) is 11.5 Å². The molecule has 1 amide bonds. The maximum atomic E-state index is 12.9. The molecule has 1 heterocycles. The molecule has 198 valence electrons. The summed E-state index contributed by atoms with van der Waals surface area (Å²) in [6.07, 6.45) is 2.56. The molecule has 0 spiro atoms. The van der Waals surface area contributed by atoms with Crippen LogP contribution in [0.4, 0.5) is 0 Å². The van der Waals surface area contributed by atoms with Crippen molar-refractivity contribution >= 4 is 46.3 Å². The Morgan fingerprint density at radius 2 is 1.76 bits per heavy atom. The van der Waals surface area contributed by atoms with Crippen LogP contribution in [0, 0.1) is 0 Å². The summed E-state index contributed by atoms with van der Waals surface area (Å²) in [6.45, 7) is 11.9. The van der Waals surface area contributed by atoms with E-state index in [9.17, 15) is 9.59 Å². The normalized spacial score (nSPS) is 14.8. The highest BCUT2D eigenvalue weighted by atomic mass is 32.2. The second kappa shape index (κ2) is 13.1. The van der Waals surface area contributed by atoms with Crippen LogP contribution in [0.2, 0.25) is 0 Å². The summed E-state index contributed by atoms with van der Waals surface area (Å²) >= 11 is 6.66. The highest BCUT2D eigenvalue weighted by Gasteiger charge is 2.31. The molecule has 2 aromatic carbocycles. The summed E-state index contributed by atoms with van der Waals surface area (Å²) in [6, 6.07) is 14.1. The van der Waals surface area contributed by atoms with Crippen LogP contribution in [-0.4, -0.2) is 40.9 Å². The van der Waals surface area contributed by atoms with Crippen LogP contribution in [-0.2, 0) is 26.3 Å². The van der Waals surface area contributed by atoms with Crippen molar-refractivity contribution in [1.29, 1.82) is 0 Å². The van der Waals surface area contributed by atoms with Gasteiger partial charge in [-0.15, -0.1) is 0 Å². The van der Waals surface area contributed by atoms with E-state index in [-0.39, 0.29) is 23.7 Å². The number of hydrogen-bond acceptors (Lipinski definition) is 7. The maximum absolute atomic E-state index is 12.9. The van der Waals surface area contributed by atoms with Crippen molar-refractivity contribution in [3.63, 3.8) is 0 Å². The fourth-order valence-electron chi connectivity index (χ4n) is 3.72. The summed E-state index contributed by atoms with van der Waals surface area (Å²) < 4.78 is 17.3. The first-order valence-electron chi connectivity index (χ1n) is 12.5. The Morgan fingerprint density at radius 3 is 2.41 bits per heavy atom. The number of rotatable bonds is 11. The number of esters is 1. The van der Waals surface area contributed by atoms with Crippen LogP contribution >= 0.6 is 24.0 Å². The fraction of sp³-hybridized carbons (Fsp3) is 0.414. The zero-order chi connectivity index (χ0) is 27.0. The Morgan fingerprint density at radius 1 is 1.03 bits per heavy atom. The average molecular weight is 542 g/mol. The molecule has 0 unspecified atom stereocenters. The van der Waals surface area contributed by atoms with Crippen molar-refractivity contribution in [2.45, 2.75) is 59.5 Å². The Balaban J connectivity index is 1.67. The first kappa shape index (κ1) is 28.7. The molecule has 1 aliphatic rings. The van der Waals surface area contributed by atoms with Crippen molar-refractivity contribution in [1.82, 2.24) is 4.90 Å². The van der Waals surface area contributed by atoms with Crippen LogP contribution in [0.1, 0.15) is 64.2 Å². The highest BCUT2D eigenvalue weighted by molar-refractivity contribution is 8.26. The first-order valence-corrected chi connectivity index (χ1v) is 13.7. The van der Waals surface area contributed by atoms with Gasteiger partial charge in [-0.3, -0.25) is 14.5 Å². The monoisotopic (exact) mass is 541 g/mol. The minimum atomic E-state index is -0.267. The summed E-state index contributed by atoms with van der Waals surface area (Å²) in [5, 5.41) is 0. The minimum Gasteiger partial charge on any atom is -0.490 e. The molecule has 0 N–H and O–H groups in total. The lowest BCUT2D eigenvalue weighted by Gasteiger charge is -2.19. The number of carbonyl (C=O) groups is 2. The zero-order valence-electron chi connectivity index (χ0n) is 22.2. The number of thioether (sulfide) groups is 1. The first-order chi connectivity index (χ1) is 17.6. The molecule has 0 bridgehead atoms. The molecule has 0 atom stereocenters. The van der Waals surface area contributed by atoms with E-state index < -0.39 is 0 Å². The number of amides is 1. The Kier molecular flexibility index (Phi) is 10.2. The van der Waals surface area contributed by atoms with Gasteiger partial charge in [0.05, 0.1) is 18.1 Å². The molecule has 1 fully saturated rings. The molecule has 0 saturated carbocycles. The fourth-order valence-corrected chi connectivity index (χ4v) is 5.03. The van der Waals surface area contributed by atoms with Gasteiger partial charge in [-0.25, -0.2) is 0 Å². The van der Waals surface area contributed by atoms with Crippen molar-refractivity contribution < 1.29 is 23.8 Å². The van der Waals surface area contributed by atoms with Gasteiger partial charge in [-0.05, 0) is 60.6 Å². The van der Waals surface area contributed by atoms with Gasteiger partial charge in [-0.1, -0.05) is 75.1 Å². The van der Waals surface area contributed by atoms with Crippen LogP contribution in [0.15, 0.2) is 47.4 Å². The molecular formula is C29H35NO5S2. The second-order valence-electron chi connectivity index (χ2n) is 9.62. The molecule has 37 heavy (non-hydrogen) atoms. The molecule has 0 radical (unpaired) electrons. The zero-order valence-corrected chi connectivity index (χ0v) is 23.8. The van der Waals surface area contributed by atoms with Gasteiger partial charge in [0.25, 0.3) is 5.91 Å². The molecule has 0 aromatic heterocycles. The van der Waals surface area contributed by atoms with Gasteiger partial charge in [-0.2, -0.15) is 0 Å². The standard InChI is InChI=1S/C29H35NO5S2/c1-6-33-24-17-21(12-15-23(24)35-19-20-10-13-22(14-11-20)29(3,4)5)18-25-27(32)30(28(36)37-25)16-8-9-26(31)34-7-2/h10-15,17-18H,6-9,16,19H2,1-5H3/b25-18+. The van der Waals surface area contributed by atoms with E-state index in [0.717, 1.165) is 11.1 Å². The minimum absolute atomic E-state index is 0.105. The van der Waals surface area contributed by atoms with Gasteiger partial charge >= 0.3 is 5.97 Å². The SMILES string of the molecule is CCOC(=O)CCCN1C(=O)/C(=C\c2ccc(OCc3ccc(C(C)(C)C)cc3)c(OCC)c2)SC1=S. The van der Waals surface area contributed by atoms with Crippen LogP contribution < -0.4 is 9.47 Å². The third-order valence-electron chi connectivity index (χ3n) is 5.72. The van der Waals surface area contributed by atoms with E-state index in [4.69, 9.17) is 26.4 Å². The second-order valence-corrected chi connectivity index (χ2v) is 11.3. The van der Waals surface area contributed by atoms with Gasteiger partial charge in [0.15, 0.2) is 11.5 Å². The summed E-state index contributed by atoms with van der Waals surface area (Å²) in [7, 11) is 0. The molecule has 8 heteroatoms. The van der Waals surface area contributed by atoms with Crippen molar-refractivity contribution in [3.05, 3.63) is 64.1 Å². The summed E-state index contributed by atoms with van der Waals surface area (Å²) in [5.74, 6) is 0.838. The molecule has 0 aliphatic carbocycles. The lowest BCUT2D eigenvalue weighted by atomic mass is 9.87. The topological polar surface area (TPSA) is 65.1 Å². The van der Waals surface area contributed by atoms with E-state index in [1.165, 1.54) is 22.2 Å². The van der Waals surface area contributed by atoms with Crippen molar-refractivity contribution in [2.75, 3.05) is 19.8 Å². The van der Waals surface area contributed by atoms with Crippen LogP contribution in [0.25, 0.3) is 6.08 Å². The number of carbonyl (C=O) groups excluding carboxylic acids is 2. The third-order valence-corrected chi connectivity index (χ3v) is 7.10. The third kappa shape index (κ3) is 8.07. The van der Waals surface area contributed by atoms with Gasteiger partial charge in [0.1, 0.15) is 10.9 Å². The number of hydrogen-bond donors (Lipinski definition) is 0. The lowest BCUT2D eigenvalue weighted by molar-refractivity contribution is -0.143. The predicted molar refractivity (Wildman–Crippen MR) is 153 cm³/mol. The van der Waals surface area contributed by atoms with Crippen molar-refractivity contribution in [2.24, 2.45) is 0 Å². The van der Waals surface area contributed by atoms with E-state index >= 15 is 0 Å². The quantitative estimate of drug-likeness (QED) is 0.183. The molecule has 3 rings (SSSR count). The molecule has 2 aromatic rings. The maximum Gasteiger partial charge on any atom is 0.305 e. The molecular weight excluding hydrogens is 506 g/mol. The van der Waals surface area contributed by atoms with Crippen molar-refractivity contribution in [3.8, 4) is 11.5 Å². The van der Waals surface area contributed by atoms with Gasteiger partial charge in [0.2, 0.25) is 0 Å². The molecule has 1 saturated heterocycles. The smallest absolute Gasteiger partial charge is 0.305 e. The van der Waals surface area contributed by atoms with E-state index in [1.807, 2.05) is 31.2 Å². The number of ether oxygens (including phenoxy) is 3. The Hall–Kier alpha value is -2.84. The largest absolute Gasteiger partial charge is 0.490 e. The number of nitrogens with zero attached hydrogens (tertiary/aromatic N) is 1. The summed E-state index contributed by atoms with van der Waals surface area (Å²) in [4.78, 5) is 26.6. The van der Waals surface area contributed by atoms with Gasteiger partial charge < -0.3 is 14.2 Å². The molecule has 1 aliphatic heterocycles. The number of benzene rings is 2. The van der Waals surface area contributed by atoms with Crippen LogP contribution in [0.3, 0.4) is 0 Å².